The summed E-state index contributed by atoms with van der Waals surface area (Å²) in [5, 5.41) is 102. The lowest BCUT2D eigenvalue weighted by molar-refractivity contribution is -0.261. The number of carbonyl (C=O) groups excluding carboxylic acids is 1. The van der Waals surface area contributed by atoms with Crippen LogP contribution in [0.3, 0.4) is 0 Å². The molecule has 0 aromatic heterocycles. The van der Waals surface area contributed by atoms with Gasteiger partial charge in [0.25, 0.3) is 0 Å². The van der Waals surface area contributed by atoms with E-state index < -0.39 is 80.1 Å². The SMILES string of the molecule is CCNCC1=CC2(C)CCC1C1(OC3CC4(O)C5=CC(=O)C6C(c7cc(O)cc(O)c7)C7(O)CCC5(C5(CCCC5)CC4(C)C3C1(O)CCO)C6(C)CC7O)C(O)C2C. The summed E-state index contributed by atoms with van der Waals surface area (Å²) in [6.45, 7) is 11.5. The smallest absolute Gasteiger partial charge is 0.160 e. The van der Waals surface area contributed by atoms with Crippen molar-refractivity contribution < 1.29 is 50.4 Å². The third-order valence-corrected chi connectivity index (χ3v) is 20.1. The standard InChI is InChI=1S/C48H67NO10/c1-6-49-24-28-21-40(3)12-9-31(28)48(39(55)26(40)2)46(57,15-16-50)38-33(59-48)22-47(58)34-20-32(53)37-36(27-17-29(51)19-30(52)18-27)44(56)13-14-45(34,41(37,4)23-35(44)54)43(10-7-8-11-43)25-42(38,47)5/h17-21,26,31,33,35-39,49-52,54-58H,6-16,22-25H2,1-5H3. The van der Waals surface area contributed by atoms with Gasteiger partial charge in [-0.1, -0.05) is 59.1 Å². The van der Waals surface area contributed by atoms with E-state index in [2.05, 4.69) is 46.0 Å². The number of aliphatic hydroxyl groups is 6. The molecule has 1 aliphatic heterocycles. The monoisotopic (exact) mass is 817 g/mol. The number of carbonyl (C=O) groups is 1. The Bertz CT molecular complexity index is 2010. The predicted molar refractivity (Wildman–Crippen MR) is 218 cm³/mol. The van der Waals surface area contributed by atoms with Crippen LogP contribution in [0.1, 0.15) is 123 Å². The van der Waals surface area contributed by atoms with Crippen molar-refractivity contribution in [2.75, 3.05) is 19.7 Å². The van der Waals surface area contributed by atoms with Crippen LogP contribution in [-0.4, -0.2) is 107 Å². The average Bonchev–Trinajstić information content (AvgIpc) is 3.74. The first-order valence-electron chi connectivity index (χ1n) is 22.8. The molecule has 11 heteroatoms. The molecule has 0 radical (unpaired) electrons. The number of benzene rings is 1. The lowest BCUT2D eigenvalue weighted by atomic mass is 9.31. The van der Waals surface area contributed by atoms with Gasteiger partial charge in [0, 0.05) is 66.6 Å². The van der Waals surface area contributed by atoms with E-state index in [4.69, 9.17) is 4.74 Å². The quantitative estimate of drug-likeness (QED) is 0.183. The van der Waals surface area contributed by atoms with E-state index in [-0.39, 0.29) is 66.8 Å². The highest BCUT2D eigenvalue weighted by Gasteiger charge is 2.87. The Hall–Kier alpha value is -2.35. The Morgan fingerprint density at radius 1 is 0.898 bits per heavy atom. The summed E-state index contributed by atoms with van der Waals surface area (Å²) >= 11 is 0. The van der Waals surface area contributed by atoms with Crippen molar-refractivity contribution in [3.8, 4) is 11.5 Å². The first kappa shape index (κ1) is 40.7. The molecule has 16 unspecified atom stereocenters. The van der Waals surface area contributed by atoms with Gasteiger partial charge in [-0.3, -0.25) is 4.79 Å². The van der Waals surface area contributed by atoms with Gasteiger partial charge in [0.05, 0.1) is 29.5 Å². The summed E-state index contributed by atoms with van der Waals surface area (Å²) in [6.07, 6.45) is 7.25. The highest BCUT2D eigenvalue weighted by Crippen LogP contribution is 2.85. The normalized spacial score (nSPS) is 52.6. The van der Waals surface area contributed by atoms with Gasteiger partial charge in [-0.15, -0.1) is 0 Å². The molecule has 16 atom stereocenters. The Labute approximate surface area is 348 Å². The van der Waals surface area contributed by atoms with Crippen molar-refractivity contribution in [2.45, 2.75) is 158 Å². The zero-order valence-electron chi connectivity index (χ0n) is 35.5. The molecule has 1 saturated heterocycles. The molecule has 11 aliphatic rings. The van der Waals surface area contributed by atoms with Gasteiger partial charge in [0.2, 0.25) is 0 Å². The molecule has 324 valence electrons. The third kappa shape index (κ3) is 4.45. The van der Waals surface area contributed by atoms with Gasteiger partial charge in [-0.25, -0.2) is 0 Å². The van der Waals surface area contributed by atoms with Crippen LogP contribution < -0.4 is 5.32 Å². The fourth-order valence-electron chi connectivity index (χ4n) is 17.9. The van der Waals surface area contributed by atoms with Crippen LogP contribution in [0, 0.1) is 50.7 Å². The average molecular weight is 818 g/mol. The lowest BCUT2D eigenvalue weighted by Gasteiger charge is -2.73. The van der Waals surface area contributed by atoms with E-state index in [1.165, 1.54) is 18.2 Å². The fourth-order valence-corrected chi connectivity index (χ4v) is 17.9. The minimum atomic E-state index is -1.75. The lowest BCUT2D eigenvalue weighted by Crippen LogP contribution is -2.74. The van der Waals surface area contributed by atoms with E-state index in [0.717, 1.165) is 44.2 Å². The second kappa shape index (κ2) is 12.4. The zero-order chi connectivity index (χ0) is 42.1. The summed E-state index contributed by atoms with van der Waals surface area (Å²) in [6, 6.07) is 4.18. The Morgan fingerprint density at radius 3 is 2.25 bits per heavy atom. The van der Waals surface area contributed by atoms with E-state index in [9.17, 15) is 40.9 Å². The Morgan fingerprint density at radius 2 is 1.59 bits per heavy atom. The van der Waals surface area contributed by atoms with Gasteiger partial charge in [-0.2, -0.15) is 0 Å². The number of hydrogen-bond donors (Lipinski definition) is 9. The van der Waals surface area contributed by atoms with Gasteiger partial charge in [0.15, 0.2) is 5.78 Å². The summed E-state index contributed by atoms with van der Waals surface area (Å²) in [5.41, 5.74) is -8.14. The molecule has 7 saturated carbocycles. The highest BCUT2D eigenvalue weighted by atomic mass is 16.6. The Kier molecular flexibility index (Phi) is 8.57. The molecular formula is C48H67NO10. The number of phenolic OH excluding ortho intramolecular Hbond substituents is 2. The van der Waals surface area contributed by atoms with Gasteiger partial charge in [-0.05, 0) is 109 Å². The summed E-state index contributed by atoms with van der Waals surface area (Å²) in [7, 11) is 0. The maximum Gasteiger partial charge on any atom is 0.160 e. The van der Waals surface area contributed by atoms with Crippen molar-refractivity contribution >= 4 is 5.78 Å². The molecule has 1 aromatic rings. The van der Waals surface area contributed by atoms with Crippen molar-refractivity contribution in [2.24, 2.45) is 50.7 Å². The molecular weight excluding hydrogens is 751 g/mol. The van der Waals surface area contributed by atoms with Crippen LogP contribution in [0.2, 0.25) is 0 Å². The number of fused-ring (bicyclic) bond motifs is 8. The van der Waals surface area contributed by atoms with Crippen LogP contribution >= 0.6 is 0 Å². The number of ketones is 1. The minimum Gasteiger partial charge on any atom is -0.508 e. The number of ether oxygens (including phenoxy) is 1. The minimum absolute atomic E-state index is 0.0428. The maximum atomic E-state index is 15.3. The van der Waals surface area contributed by atoms with Crippen molar-refractivity contribution in [1.29, 1.82) is 0 Å². The van der Waals surface area contributed by atoms with Gasteiger partial charge < -0.3 is 50.9 Å². The first-order chi connectivity index (χ1) is 27.7. The molecule has 1 heterocycles. The predicted octanol–water partition coefficient (Wildman–Crippen LogP) is 4.52. The van der Waals surface area contributed by atoms with Gasteiger partial charge >= 0.3 is 0 Å². The van der Waals surface area contributed by atoms with E-state index in [0.29, 0.717) is 36.9 Å². The van der Waals surface area contributed by atoms with Crippen molar-refractivity contribution in [3.05, 3.63) is 47.1 Å². The molecule has 0 amide bonds. The number of allylic oxidation sites excluding steroid dienone is 2. The molecule has 12 rings (SSSR count). The van der Waals surface area contributed by atoms with Crippen LogP contribution in [0.15, 0.2) is 41.5 Å². The summed E-state index contributed by atoms with van der Waals surface area (Å²) in [5.74, 6) is -3.70. The Balaban J connectivity index is 1.18. The molecule has 10 aliphatic carbocycles. The number of aliphatic hydroxyl groups excluding tert-OH is 3. The summed E-state index contributed by atoms with van der Waals surface area (Å²) in [4.78, 5) is 15.3. The van der Waals surface area contributed by atoms with E-state index >= 15 is 4.79 Å². The van der Waals surface area contributed by atoms with Crippen molar-refractivity contribution in [3.63, 3.8) is 0 Å². The van der Waals surface area contributed by atoms with Crippen LogP contribution in [0.25, 0.3) is 0 Å². The topological polar surface area (TPSA) is 200 Å². The van der Waals surface area contributed by atoms with Crippen molar-refractivity contribution in [1.82, 2.24) is 5.32 Å². The number of phenols is 2. The second-order valence-corrected chi connectivity index (χ2v) is 22.0. The van der Waals surface area contributed by atoms with Crippen LogP contribution in [0.5, 0.6) is 11.5 Å². The molecule has 9 N–H and O–H groups in total. The maximum absolute atomic E-state index is 15.3. The first-order valence-corrected chi connectivity index (χ1v) is 22.8. The van der Waals surface area contributed by atoms with Crippen LogP contribution in [0.4, 0.5) is 0 Å². The van der Waals surface area contributed by atoms with Crippen LogP contribution in [-0.2, 0) is 9.53 Å². The second-order valence-electron chi connectivity index (χ2n) is 22.0. The third-order valence-electron chi connectivity index (χ3n) is 20.1. The summed E-state index contributed by atoms with van der Waals surface area (Å²) < 4.78 is 7.47. The fraction of sp³-hybridized carbons (Fsp3) is 0.771. The molecule has 3 spiro atoms. The molecule has 1 aromatic carbocycles. The zero-order valence-corrected chi connectivity index (χ0v) is 35.5. The molecule has 59 heavy (non-hydrogen) atoms. The number of aromatic hydroxyl groups is 2. The largest absolute Gasteiger partial charge is 0.508 e. The number of nitrogens with one attached hydrogen (secondary N) is 1. The number of likely N-dealkylation sites (N-methyl/N-ethyl adjacent to an activating group) is 1. The number of hydrogen-bond acceptors (Lipinski definition) is 11. The van der Waals surface area contributed by atoms with E-state index in [1.54, 1.807) is 6.08 Å². The highest BCUT2D eigenvalue weighted by molar-refractivity contribution is 5.96. The van der Waals surface area contributed by atoms with Gasteiger partial charge in [0.1, 0.15) is 22.7 Å². The van der Waals surface area contributed by atoms with E-state index in [1.807, 2.05) is 0 Å². The molecule has 8 fully saturated rings. The molecule has 6 bridgehead atoms. The molecule has 11 nitrogen and oxygen atoms in total. The number of rotatable bonds is 6.